The van der Waals surface area contributed by atoms with Crippen LogP contribution in [0.5, 0.6) is 0 Å². The number of benzene rings is 1. The third kappa shape index (κ3) is 4.81. The Balaban J connectivity index is 1.91. The molecule has 2 N–H and O–H groups in total. The minimum absolute atomic E-state index is 0.106. The number of hydrogen-bond donors (Lipinski definition) is 2. The van der Waals surface area contributed by atoms with Gasteiger partial charge in [0.15, 0.2) is 4.34 Å². The molecule has 1 aromatic carbocycles. The van der Waals surface area contributed by atoms with Crippen molar-refractivity contribution in [1.82, 2.24) is 10.2 Å². The lowest BCUT2D eigenvalue weighted by Gasteiger charge is -2.11. The van der Waals surface area contributed by atoms with Gasteiger partial charge in [0, 0.05) is 18.3 Å². The maximum Gasteiger partial charge on any atom is 0.237 e. The molecule has 0 aliphatic heterocycles. The summed E-state index contributed by atoms with van der Waals surface area (Å²) in [5.74, 6) is -0.237. The smallest absolute Gasteiger partial charge is 0.237 e. The lowest BCUT2D eigenvalue weighted by Crippen LogP contribution is -2.22. The highest BCUT2D eigenvalue weighted by Crippen LogP contribution is 2.27. The van der Waals surface area contributed by atoms with Gasteiger partial charge in [-0.1, -0.05) is 23.1 Å². The number of aryl methyl sites for hydroxylation is 1. The maximum absolute atomic E-state index is 12.1. The molecule has 116 valence electrons. The molecule has 0 aliphatic carbocycles. The summed E-state index contributed by atoms with van der Waals surface area (Å²) in [5, 5.41) is 14.0. The van der Waals surface area contributed by atoms with Crippen molar-refractivity contribution >= 4 is 46.3 Å². The van der Waals surface area contributed by atoms with Gasteiger partial charge in [-0.15, -0.1) is 10.2 Å². The van der Waals surface area contributed by atoms with Gasteiger partial charge in [-0.05, 0) is 38.1 Å². The van der Waals surface area contributed by atoms with E-state index in [9.17, 15) is 9.59 Å². The minimum Gasteiger partial charge on any atom is -0.326 e. The van der Waals surface area contributed by atoms with Crippen LogP contribution in [0.1, 0.15) is 18.9 Å². The molecule has 0 aliphatic rings. The highest BCUT2D eigenvalue weighted by molar-refractivity contribution is 8.02. The summed E-state index contributed by atoms with van der Waals surface area (Å²) < 4.78 is 0.779. The highest BCUT2D eigenvalue weighted by Gasteiger charge is 2.16. The average Bonchev–Trinajstić information content (AvgIpc) is 2.85. The monoisotopic (exact) mass is 336 g/mol. The van der Waals surface area contributed by atoms with E-state index in [2.05, 4.69) is 20.8 Å². The molecular weight excluding hydrogens is 320 g/mol. The number of nitrogens with one attached hydrogen (secondary N) is 2. The SMILES string of the molecule is CC(=O)Nc1ccc(NC(=O)[C@H](C)Sc2nnc(C)s2)cc1. The Labute approximate surface area is 136 Å². The molecule has 1 aromatic heterocycles. The Morgan fingerprint density at radius 2 is 1.73 bits per heavy atom. The zero-order valence-electron chi connectivity index (χ0n) is 12.4. The van der Waals surface area contributed by atoms with Gasteiger partial charge in [-0.3, -0.25) is 9.59 Å². The van der Waals surface area contributed by atoms with Crippen LogP contribution in [0, 0.1) is 6.92 Å². The van der Waals surface area contributed by atoms with Crippen molar-refractivity contribution in [2.75, 3.05) is 10.6 Å². The summed E-state index contributed by atoms with van der Waals surface area (Å²) in [7, 11) is 0. The molecule has 6 nitrogen and oxygen atoms in total. The molecule has 0 bridgehead atoms. The summed E-state index contributed by atoms with van der Waals surface area (Å²) >= 11 is 2.85. The zero-order chi connectivity index (χ0) is 16.1. The van der Waals surface area contributed by atoms with Crippen LogP contribution < -0.4 is 10.6 Å². The largest absolute Gasteiger partial charge is 0.326 e. The number of nitrogens with zero attached hydrogens (tertiary/aromatic N) is 2. The molecular formula is C14H16N4O2S2. The molecule has 1 heterocycles. The third-order valence-electron chi connectivity index (χ3n) is 2.63. The van der Waals surface area contributed by atoms with Crippen LogP contribution in [0.2, 0.25) is 0 Å². The molecule has 0 saturated carbocycles. The van der Waals surface area contributed by atoms with E-state index in [1.54, 1.807) is 24.3 Å². The highest BCUT2D eigenvalue weighted by atomic mass is 32.2. The fourth-order valence-corrected chi connectivity index (χ4v) is 3.57. The van der Waals surface area contributed by atoms with E-state index >= 15 is 0 Å². The quantitative estimate of drug-likeness (QED) is 0.820. The molecule has 22 heavy (non-hydrogen) atoms. The van der Waals surface area contributed by atoms with Gasteiger partial charge in [0.1, 0.15) is 5.01 Å². The van der Waals surface area contributed by atoms with Crippen LogP contribution in [-0.4, -0.2) is 27.3 Å². The Morgan fingerprint density at radius 1 is 1.14 bits per heavy atom. The van der Waals surface area contributed by atoms with Crippen LogP contribution in [0.15, 0.2) is 28.6 Å². The van der Waals surface area contributed by atoms with Crippen LogP contribution in [0.4, 0.5) is 11.4 Å². The Kier molecular flexibility index (Phi) is 5.51. The Hall–Kier alpha value is -1.93. The second kappa shape index (κ2) is 7.37. The van der Waals surface area contributed by atoms with Gasteiger partial charge in [0.2, 0.25) is 11.8 Å². The van der Waals surface area contributed by atoms with Crippen molar-refractivity contribution in [3.8, 4) is 0 Å². The summed E-state index contributed by atoms with van der Waals surface area (Å²) in [6.07, 6.45) is 0. The van der Waals surface area contributed by atoms with E-state index in [0.717, 1.165) is 9.35 Å². The second-order valence-electron chi connectivity index (χ2n) is 4.59. The number of hydrogen-bond acceptors (Lipinski definition) is 6. The first-order valence-corrected chi connectivity index (χ1v) is 8.29. The van der Waals surface area contributed by atoms with E-state index in [0.29, 0.717) is 11.4 Å². The predicted octanol–water partition coefficient (Wildman–Crippen LogP) is 2.92. The van der Waals surface area contributed by atoms with Gasteiger partial charge in [-0.25, -0.2) is 0 Å². The standard InChI is InChI=1S/C14H16N4O2S2/c1-8(21-14-18-17-10(3)22-14)13(20)16-12-6-4-11(5-7-12)15-9(2)19/h4-8H,1-3H3,(H,15,19)(H,16,20)/t8-/m0/s1. The fraction of sp³-hybridized carbons (Fsp3) is 0.286. The summed E-state index contributed by atoms with van der Waals surface area (Å²) in [4.78, 5) is 23.1. The second-order valence-corrected chi connectivity index (χ2v) is 7.36. The van der Waals surface area contributed by atoms with E-state index in [4.69, 9.17) is 0 Å². The van der Waals surface area contributed by atoms with Crippen molar-refractivity contribution < 1.29 is 9.59 Å². The molecule has 0 fully saturated rings. The summed E-state index contributed by atoms with van der Waals surface area (Å²) in [5.41, 5.74) is 1.37. The van der Waals surface area contributed by atoms with E-state index in [-0.39, 0.29) is 17.1 Å². The van der Waals surface area contributed by atoms with Crippen LogP contribution in [-0.2, 0) is 9.59 Å². The van der Waals surface area contributed by atoms with Gasteiger partial charge in [-0.2, -0.15) is 0 Å². The molecule has 2 aromatic rings. The van der Waals surface area contributed by atoms with E-state index in [1.807, 2.05) is 13.8 Å². The molecule has 0 radical (unpaired) electrons. The number of anilines is 2. The van der Waals surface area contributed by atoms with Crippen LogP contribution in [0.25, 0.3) is 0 Å². The molecule has 1 atom stereocenters. The first-order valence-electron chi connectivity index (χ1n) is 6.59. The number of rotatable bonds is 5. The molecule has 2 amide bonds. The Bertz CT molecular complexity index is 670. The van der Waals surface area contributed by atoms with Crippen LogP contribution in [0.3, 0.4) is 0 Å². The van der Waals surface area contributed by atoms with Crippen molar-refractivity contribution in [3.05, 3.63) is 29.3 Å². The molecule has 0 saturated heterocycles. The third-order valence-corrected chi connectivity index (χ3v) is 4.65. The first-order chi connectivity index (χ1) is 10.4. The van der Waals surface area contributed by atoms with Gasteiger partial charge in [0.05, 0.1) is 5.25 Å². The number of amides is 2. The van der Waals surface area contributed by atoms with Gasteiger partial charge >= 0.3 is 0 Å². The lowest BCUT2D eigenvalue weighted by atomic mass is 10.2. The van der Waals surface area contributed by atoms with Crippen LogP contribution >= 0.6 is 23.1 Å². The van der Waals surface area contributed by atoms with E-state index in [1.165, 1.54) is 30.0 Å². The first kappa shape index (κ1) is 16.4. The Morgan fingerprint density at radius 3 is 2.23 bits per heavy atom. The van der Waals surface area contributed by atoms with Gasteiger partial charge < -0.3 is 10.6 Å². The normalized spacial score (nSPS) is 11.8. The average molecular weight is 336 g/mol. The summed E-state index contributed by atoms with van der Waals surface area (Å²) in [6.45, 7) is 5.15. The number of thioether (sulfide) groups is 1. The van der Waals surface area contributed by atoms with Crippen molar-refractivity contribution in [2.24, 2.45) is 0 Å². The molecule has 0 unspecified atom stereocenters. The van der Waals surface area contributed by atoms with E-state index < -0.39 is 0 Å². The predicted molar refractivity (Wildman–Crippen MR) is 89.3 cm³/mol. The maximum atomic E-state index is 12.1. The topological polar surface area (TPSA) is 84.0 Å². The lowest BCUT2D eigenvalue weighted by molar-refractivity contribution is -0.115. The number of carbonyl (C=O) groups is 2. The fourth-order valence-electron chi connectivity index (χ4n) is 1.61. The van der Waals surface area contributed by atoms with Gasteiger partial charge in [0.25, 0.3) is 0 Å². The van der Waals surface area contributed by atoms with Crippen molar-refractivity contribution in [2.45, 2.75) is 30.4 Å². The number of aromatic nitrogens is 2. The molecule has 8 heteroatoms. The van der Waals surface area contributed by atoms with Crippen molar-refractivity contribution in [3.63, 3.8) is 0 Å². The molecule has 2 rings (SSSR count). The zero-order valence-corrected chi connectivity index (χ0v) is 14.0. The molecule has 0 spiro atoms. The summed E-state index contributed by atoms with van der Waals surface area (Å²) in [6, 6.07) is 6.97. The number of carbonyl (C=O) groups excluding carboxylic acids is 2. The minimum atomic E-state index is -0.276. The van der Waals surface area contributed by atoms with Crippen molar-refractivity contribution in [1.29, 1.82) is 0 Å².